The minimum absolute atomic E-state index is 0.167. The second kappa shape index (κ2) is 6.91. The van der Waals surface area contributed by atoms with Crippen molar-refractivity contribution in [2.45, 2.75) is 26.8 Å². The minimum Gasteiger partial charge on any atom is -0.481 e. The molecule has 26 heavy (non-hydrogen) atoms. The van der Waals surface area contributed by atoms with Crippen LogP contribution in [0.3, 0.4) is 0 Å². The van der Waals surface area contributed by atoms with Crippen molar-refractivity contribution in [2.75, 3.05) is 0 Å². The smallest absolute Gasteiger partial charge is 0.308 e. The lowest BCUT2D eigenvalue weighted by Crippen LogP contribution is -2.40. The van der Waals surface area contributed by atoms with Crippen molar-refractivity contribution in [1.29, 1.82) is 0 Å². The Bertz CT molecular complexity index is 977. The molecule has 2 unspecified atom stereocenters. The number of benzene rings is 1. The summed E-state index contributed by atoms with van der Waals surface area (Å²) in [5.41, 5.74) is 1.53. The Kier molecular flexibility index (Phi) is 4.66. The summed E-state index contributed by atoms with van der Waals surface area (Å²) in [6.45, 7) is 4.94. The van der Waals surface area contributed by atoms with Crippen LogP contribution in [0.15, 0.2) is 36.7 Å². The van der Waals surface area contributed by atoms with Gasteiger partial charge in [-0.15, -0.1) is 5.10 Å². The fourth-order valence-corrected chi connectivity index (χ4v) is 2.67. The van der Waals surface area contributed by atoms with E-state index in [4.69, 9.17) is 5.11 Å². The summed E-state index contributed by atoms with van der Waals surface area (Å²) in [5.74, 6) is -2.13. The van der Waals surface area contributed by atoms with E-state index >= 15 is 0 Å². The van der Waals surface area contributed by atoms with Gasteiger partial charge in [-0.3, -0.25) is 14.6 Å². The summed E-state index contributed by atoms with van der Waals surface area (Å²) in [5, 5.41) is 21.7. The number of amides is 1. The molecule has 0 radical (unpaired) electrons. The van der Waals surface area contributed by atoms with Crippen LogP contribution in [0.1, 0.15) is 30.0 Å². The summed E-state index contributed by atoms with van der Waals surface area (Å²) in [6.07, 6.45) is 3.45. The molecule has 2 N–H and O–H groups in total. The lowest BCUT2D eigenvalue weighted by molar-refractivity contribution is -0.141. The fraction of sp³-hybridized carbons (Fsp3) is 0.278. The van der Waals surface area contributed by atoms with Crippen LogP contribution in [0.2, 0.25) is 0 Å². The van der Waals surface area contributed by atoms with Crippen LogP contribution in [-0.4, -0.2) is 43.0 Å². The number of hydrogen-bond acceptors (Lipinski definition) is 5. The van der Waals surface area contributed by atoms with Gasteiger partial charge in [-0.1, -0.05) is 17.3 Å². The lowest BCUT2D eigenvalue weighted by atomic mass is 10.0. The summed E-state index contributed by atoms with van der Waals surface area (Å²) < 4.78 is 1.60. The number of rotatable bonds is 5. The Morgan fingerprint density at radius 1 is 1.23 bits per heavy atom. The number of carbonyl (C=O) groups excluding carboxylic acids is 1. The Morgan fingerprint density at radius 2 is 2.00 bits per heavy atom. The zero-order chi connectivity index (χ0) is 18.8. The Hall–Kier alpha value is -3.29. The summed E-state index contributed by atoms with van der Waals surface area (Å²) in [7, 11) is 0. The number of nitrogens with zero attached hydrogens (tertiary/aromatic N) is 4. The van der Waals surface area contributed by atoms with Gasteiger partial charge in [-0.05, 0) is 32.9 Å². The van der Waals surface area contributed by atoms with Crippen LogP contribution in [-0.2, 0) is 4.79 Å². The largest absolute Gasteiger partial charge is 0.481 e. The van der Waals surface area contributed by atoms with Gasteiger partial charge in [0.1, 0.15) is 0 Å². The average molecular weight is 353 g/mol. The highest BCUT2D eigenvalue weighted by molar-refractivity contribution is 5.94. The van der Waals surface area contributed by atoms with E-state index in [0.717, 1.165) is 16.5 Å². The molecule has 3 aromatic rings. The summed E-state index contributed by atoms with van der Waals surface area (Å²) >= 11 is 0. The normalized spacial score (nSPS) is 13.3. The van der Waals surface area contributed by atoms with Gasteiger partial charge in [0.05, 0.1) is 17.3 Å². The van der Waals surface area contributed by atoms with E-state index in [2.05, 4.69) is 20.6 Å². The van der Waals surface area contributed by atoms with Crippen molar-refractivity contribution >= 4 is 22.6 Å². The maximum absolute atomic E-state index is 12.5. The molecule has 2 atom stereocenters. The number of nitrogens with one attached hydrogen (secondary N) is 1. The molecule has 2 heterocycles. The monoisotopic (exact) mass is 353 g/mol. The van der Waals surface area contributed by atoms with E-state index in [-0.39, 0.29) is 5.69 Å². The van der Waals surface area contributed by atoms with Gasteiger partial charge in [0.15, 0.2) is 5.69 Å². The molecular formula is C18H19N5O3. The number of carboxylic acids is 1. The third kappa shape index (κ3) is 3.13. The predicted molar refractivity (Wildman–Crippen MR) is 95.1 cm³/mol. The molecule has 0 aliphatic carbocycles. The zero-order valence-corrected chi connectivity index (χ0v) is 14.7. The van der Waals surface area contributed by atoms with Gasteiger partial charge in [-0.2, -0.15) is 0 Å². The number of fused-ring (bicyclic) bond motifs is 1. The molecule has 2 aromatic heterocycles. The highest BCUT2D eigenvalue weighted by Gasteiger charge is 2.24. The van der Waals surface area contributed by atoms with Gasteiger partial charge in [0.25, 0.3) is 5.91 Å². The van der Waals surface area contributed by atoms with Crippen LogP contribution in [0.4, 0.5) is 0 Å². The van der Waals surface area contributed by atoms with Crippen molar-refractivity contribution in [3.05, 3.63) is 48.0 Å². The first-order valence-corrected chi connectivity index (χ1v) is 8.19. The molecule has 134 valence electrons. The Morgan fingerprint density at radius 3 is 2.73 bits per heavy atom. The number of carbonyl (C=O) groups is 2. The second-order valence-corrected chi connectivity index (χ2v) is 6.20. The summed E-state index contributed by atoms with van der Waals surface area (Å²) in [4.78, 5) is 27.6. The molecule has 8 nitrogen and oxygen atoms in total. The van der Waals surface area contributed by atoms with Crippen molar-refractivity contribution in [1.82, 2.24) is 25.3 Å². The van der Waals surface area contributed by atoms with Gasteiger partial charge < -0.3 is 10.4 Å². The number of carboxylic acid groups (broad SMARTS) is 1. The predicted octanol–water partition coefficient (Wildman–Crippen LogP) is 1.96. The molecule has 0 saturated carbocycles. The van der Waals surface area contributed by atoms with Gasteiger partial charge in [0.2, 0.25) is 0 Å². The van der Waals surface area contributed by atoms with Crippen LogP contribution in [0.25, 0.3) is 16.5 Å². The van der Waals surface area contributed by atoms with E-state index < -0.39 is 23.8 Å². The summed E-state index contributed by atoms with van der Waals surface area (Å²) in [6, 6.07) is 7.06. The number of aliphatic carboxylic acids is 1. The van der Waals surface area contributed by atoms with Crippen LogP contribution in [0.5, 0.6) is 0 Å². The van der Waals surface area contributed by atoms with Crippen LogP contribution >= 0.6 is 0 Å². The van der Waals surface area contributed by atoms with E-state index in [1.54, 1.807) is 37.8 Å². The first-order chi connectivity index (χ1) is 12.4. The molecule has 0 fully saturated rings. The molecule has 0 aliphatic heterocycles. The van der Waals surface area contributed by atoms with E-state index in [0.29, 0.717) is 5.69 Å². The molecular weight excluding hydrogens is 334 g/mol. The number of hydrogen-bond donors (Lipinski definition) is 2. The standard InChI is InChI=1S/C18H19N5O3/c1-10(18(25)26)11(2)20-17(24)16-12(3)23(22-21-16)15-6-4-5-13-9-19-8-7-14(13)15/h4-11H,1-3H3,(H,20,24)(H,25,26). The second-order valence-electron chi connectivity index (χ2n) is 6.20. The molecule has 0 bridgehead atoms. The zero-order valence-electron chi connectivity index (χ0n) is 14.7. The van der Waals surface area contributed by atoms with E-state index in [1.165, 1.54) is 0 Å². The molecule has 0 saturated heterocycles. The topological polar surface area (TPSA) is 110 Å². The quantitative estimate of drug-likeness (QED) is 0.725. The fourth-order valence-electron chi connectivity index (χ4n) is 2.67. The van der Waals surface area contributed by atoms with Crippen molar-refractivity contribution in [2.24, 2.45) is 5.92 Å². The van der Waals surface area contributed by atoms with Crippen molar-refractivity contribution in [3.63, 3.8) is 0 Å². The van der Waals surface area contributed by atoms with E-state index in [1.807, 2.05) is 24.3 Å². The first kappa shape index (κ1) is 17.5. The van der Waals surface area contributed by atoms with Crippen molar-refractivity contribution in [3.8, 4) is 5.69 Å². The highest BCUT2D eigenvalue weighted by atomic mass is 16.4. The average Bonchev–Trinajstić information content (AvgIpc) is 3.01. The third-order valence-electron chi connectivity index (χ3n) is 4.49. The molecule has 1 amide bonds. The number of pyridine rings is 1. The molecule has 1 aromatic carbocycles. The van der Waals surface area contributed by atoms with Gasteiger partial charge in [-0.25, -0.2) is 4.68 Å². The molecule has 0 aliphatic rings. The highest BCUT2D eigenvalue weighted by Crippen LogP contribution is 2.22. The first-order valence-electron chi connectivity index (χ1n) is 8.19. The lowest BCUT2D eigenvalue weighted by Gasteiger charge is -2.17. The number of aromatic nitrogens is 4. The Balaban J connectivity index is 1.93. The van der Waals surface area contributed by atoms with Crippen molar-refractivity contribution < 1.29 is 14.7 Å². The van der Waals surface area contributed by atoms with Crippen LogP contribution in [0, 0.1) is 12.8 Å². The maximum Gasteiger partial charge on any atom is 0.308 e. The van der Waals surface area contributed by atoms with E-state index in [9.17, 15) is 9.59 Å². The maximum atomic E-state index is 12.5. The van der Waals surface area contributed by atoms with Gasteiger partial charge >= 0.3 is 5.97 Å². The van der Waals surface area contributed by atoms with Gasteiger partial charge in [0, 0.05) is 29.2 Å². The third-order valence-corrected chi connectivity index (χ3v) is 4.49. The Labute approximate surface area is 149 Å². The SMILES string of the molecule is Cc1c(C(=O)NC(C)C(C)C(=O)O)nnn1-c1cccc2cnccc12. The minimum atomic E-state index is -0.970. The molecule has 3 rings (SSSR count). The molecule has 0 spiro atoms. The van der Waals surface area contributed by atoms with Crippen LogP contribution < -0.4 is 5.32 Å². The molecule has 8 heteroatoms.